The molecule has 0 aromatic heterocycles. The Hall–Kier alpha value is -2.98. The van der Waals surface area contributed by atoms with Crippen LogP contribution in [0.2, 0.25) is 0 Å². The third kappa shape index (κ3) is 6.04. The smallest absolute Gasteiger partial charge is 0.269 e. The number of hydrogen-bond donors (Lipinski definition) is 2. The van der Waals surface area contributed by atoms with Gasteiger partial charge in [0.05, 0.1) is 23.3 Å². The first-order valence-electron chi connectivity index (χ1n) is 7.95. The summed E-state index contributed by atoms with van der Waals surface area (Å²) in [5.74, 6) is 0.236. The molecular weight excluding hydrogens is 374 g/mol. The summed E-state index contributed by atoms with van der Waals surface area (Å²) in [7, 11) is -2.19. The topological polar surface area (TPSA) is 128 Å². The summed E-state index contributed by atoms with van der Waals surface area (Å²) in [5, 5.41) is 13.2. The van der Waals surface area contributed by atoms with E-state index in [1.54, 1.807) is 12.1 Å². The van der Waals surface area contributed by atoms with Crippen molar-refractivity contribution in [1.29, 1.82) is 0 Å². The van der Waals surface area contributed by atoms with E-state index >= 15 is 0 Å². The second kappa shape index (κ2) is 9.10. The maximum Gasteiger partial charge on any atom is 0.269 e. The summed E-state index contributed by atoms with van der Waals surface area (Å²) < 4.78 is 31.6. The quantitative estimate of drug-likeness (QED) is 0.375. The number of sulfonamides is 1. The lowest BCUT2D eigenvalue weighted by molar-refractivity contribution is -0.384. The van der Waals surface area contributed by atoms with Gasteiger partial charge in [-0.3, -0.25) is 14.9 Å². The van der Waals surface area contributed by atoms with Crippen molar-refractivity contribution in [3.05, 3.63) is 64.2 Å². The first kappa shape index (κ1) is 20.3. The summed E-state index contributed by atoms with van der Waals surface area (Å²) in [4.78, 5) is 22.0. The lowest BCUT2D eigenvalue weighted by Gasteiger charge is -2.09. The lowest BCUT2D eigenvalue weighted by Crippen LogP contribution is -2.35. The fourth-order valence-corrected chi connectivity index (χ4v) is 3.24. The third-order valence-corrected chi connectivity index (χ3v) is 5.10. The van der Waals surface area contributed by atoms with Crippen molar-refractivity contribution < 1.29 is 22.9 Å². The van der Waals surface area contributed by atoms with Crippen molar-refractivity contribution in [2.45, 2.75) is 11.3 Å². The molecule has 9 nitrogen and oxygen atoms in total. The Bertz CT molecular complexity index is 895. The van der Waals surface area contributed by atoms with Crippen LogP contribution in [0.1, 0.15) is 5.56 Å². The van der Waals surface area contributed by atoms with E-state index < -0.39 is 14.9 Å². The monoisotopic (exact) mass is 393 g/mol. The number of hydrogen-bond acceptors (Lipinski definition) is 6. The van der Waals surface area contributed by atoms with Crippen molar-refractivity contribution in [3.8, 4) is 5.75 Å². The molecule has 2 aromatic carbocycles. The average molecular weight is 393 g/mol. The highest BCUT2D eigenvalue weighted by Gasteiger charge is 2.13. The highest BCUT2D eigenvalue weighted by atomic mass is 32.2. The molecule has 0 fully saturated rings. The molecule has 0 atom stereocenters. The predicted octanol–water partition coefficient (Wildman–Crippen LogP) is 1.24. The second-order valence-electron chi connectivity index (χ2n) is 5.52. The third-order valence-electron chi connectivity index (χ3n) is 3.62. The van der Waals surface area contributed by atoms with Gasteiger partial charge in [-0.25, -0.2) is 13.1 Å². The number of benzene rings is 2. The molecule has 0 bridgehead atoms. The van der Waals surface area contributed by atoms with Crippen LogP contribution in [0.4, 0.5) is 5.69 Å². The number of nitrogens with one attached hydrogen (secondary N) is 2. The number of methoxy groups -OCH3 is 1. The molecule has 0 aliphatic carbocycles. The molecule has 0 radical (unpaired) electrons. The van der Waals surface area contributed by atoms with Gasteiger partial charge in [-0.05, 0) is 29.8 Å². The maximum absolute atomic E-state index is 12.1. The van der Waals surface area contributed by atoms with Gasteiger partial charge >= 0.3 is 0 Å². The van der Waals surface area contributed by atoms with Crippen LogP contribution in [-0.4, -0.2) is 39.4 Å². The number of carbonyl (C=O) groups is 1. The van der Waals surface area contributed by atoms with Crippen LogP contribution < -0.4 is 14.8 Å². The van der Waals surface area contributed by atoms with E-state index in [1.165, 1.54) is 43.5 Å². The molecule has 0 spiro atoms. The maximum atomic E-state index is 12.1. The Kier molecular flexibility index (Phi) is 6.85. The first-order valence-corrected chi connectivity index (χ1v) is 9.44. The number of non-ortho nitro benzene ring substituents is 1. The highest BCUT2D eigenvalue weighted by molar-refractivity contribution is 7.89. The van der Waals surface area contributed by atoms with Gasteiger partial charge in [-0.15, -0.1) is 0 Å². The van der Waals surface area contributed by atoms with Crippen molar-refractivity contribution in [1.82, 2.24) is 10.0 Å². The van der Waals surface area contributed by atoms with Crippen molar-refractivity contribution in [3.63, 3.8) is 0 Å². The number of carbonyl (C=O) groups excluding carboxylic acids is 1. The van der Waals surface area contributed by atoms with E-state index in [4.69, 9.17) is 4.74 Å². The van der Waals surface area contributed by atoms with Gasteiger partial charge in [0.1, 0.15) is 5.75 Å². The fourth-order valence-electron chi connectivity index (χ4n) is 2.21. The Labute approximate surface area is 156 Å². The van der Waals surface area contributed by atoms with Crippen LogP contribution in [0.15, 0.2) is 53.4 Å². The summed E-state index contributed by atoms with van der Waals surface area (Å²) in [6, 6.07) is 11.6. The Morgan fingerprint density at radius 2 is 1.70 bits per heavy atom. The van der Waals surface area contributed by atoms with E-state index in [-0.39, 0.29) is 36.0 Å². The number of nitro groups is 1. The van der Waals surface area contributed by atoms with Crippen LogP contribution in [0.3, 0.4) is 0 Å². The molecule has 0 saturated heterocycles. The lowest BCUT2D eigenvalue weighted by atomic mass is 10.1. The molecule has 0 unspecified atom stereocenters. The van der Waals surface area contributed by atoms with E-state index in [1.807, 2.05) is 0 Å². The predicted molar refractivity (Wildman–Crippen MR) is 98.0 cm³/mol. The molecule has 0 aliphatic heterocycles. The average Bonchev–Trinajstić information content (AvgIpc) is 2.66. The number of nitrogens with zero attached hydrogens (tertiary/aromatic N) is 1. The van der Waals surface area contributed by atoms with E-state index in [9.17, 15) is 23.3 Å². The van der Waals surface area contributed by atoms with E-state index in [0.717, 1.165) is 0 Å². The summed E-state index contributed by atoms with van der Waals surface area (Å²) in [5.41, 5.74) is 0.573. The standard InChI is InChI=1S/C17H19N3O6S/c1-26-15-6-8-16(9-7-15)27(24,25)19-11-10-18-17(21)12-13-2-4-14(5-3-13)20(22)23/h2-9,19H,10-12H2,1H3,(H,18,21). The van der Waals surface area contributed by atoms with Gasteiger partial charge < -0.3 is 10.1 Å². The number of nitro benzene ring substituents is 1. The molecule has 2 rings (SSSR count). The fraction of sp³-hybridized carbons (Fsp3) is 0.235. The molecule has 10 heteroatoms. The van der Waals surface area contributed by atoms with Crippen LogP contribution in [-0.2, 0) is 21.2 Å². The molecular formula is C17H19N3O6S. The molecule has 0 heterocycles. The molecule has 27 heavy (non-hydrogen) atoms. The molecule has 144 valence electrons. The normalized spacial score (nSPS) is 11.0. The SMILES string of the molecule is COc1ccc(S(=O)(=O)NCCNC(=O)Cc2ccc([N+](=O)[O-])cc2)cc1. The van der Waals surface area contributed by atoms with E-state index in [0.29, 0.717) is 11.3 Å². The van der Waals surface area contributed by atoms with Gasteiger partial charge in [-0.1, -0.05) is 12.1 Å². The molecule has 2 N–H and O–H groups in total. The van der Waals surface area contributed by atoms with Crippen molar-refractivity contribution in [2.24, 2.45) is 0 Å². The van der Waals surface area contributed by atoms with Gasteiger partial charge in [0.25, 0.3) is 5.69 Å². The van der Waals surface area contributed by atoms with Crippen LogP contribution in [0.25, 0.3) is 0 Å². The van der Waals surface area contributed by atoms with Gasteiger partial charge in [-0.2, -0.15) is 0 Å². The van der Waals surface area contributed by atoms with Crippen molar-refractivity contribution >= 4 is 21.6 Å². The molecule has 1 amide bonds. The first-order chi connectivity index (χ1) is 12.8. The molecule has 2 aromatic rings. The number of rotatable bonds is 9. The molecule has 0 aliphatic rings. The number of ether oxygens (including phenoxy) is 1. The molecule has 0 saturated carbocycles. The van der Waals surface area contributed by atoms with Crippen LogP contribution in [0.5, 0.6) is 5.75 Å². The zero-order valence-electron chi connectivity index (χ0n) is 14.5. The van der Waals surface area contributed by atoms with Gasteiger partial charge in [0.15, 0.2) is 0 Å². The van der Waals surface area contributed by atoms with Crippen LogP contribution in [0, 0.1) is 10.1 Å². The minimum atomic E-state index is -3.68. The minimum absolute atomic E-state index is 0.0281. The highest BCUT2D eigenvalue weighted by Crippen LogP contribution is 2.15. The Balaban J connectivity index is 1.78. The summed E-state index contributed by atoms with van der Waals surface area (Å²) >= 11 is 0. The number of amides is 1. The second-order valence-corrected chi connectivity index (χ2v) is 7.29. The van der Waals surface area contributed by atoms with Crippen LogP contribution >= 0.6 is 0 Å². The zero-order chi connectivity index (χ0) is 19.9. The summed E-state index contributed by atoms with van der Waals surface area (Å²) in [6.07, 6.45) is 0.0449. The van der Waals surface area contributed by atoms with E-state index in [2.05, 4.69) is 10.0 Å². The largest absolute Gasteiger partial charge is 0.497 e. The minimum Gasteiger partial charge on any atom is -0.497 e. The zero-order valence-corrected chi connectivity index (χ0v) is 15.4. The summed E-state index contributed by atoms with van der Waals surface area (Å²) in [6.45, 7) is 0.140. The van der Waals surface area contributed by atoms with Gasteiger partial charge in [0, 0.05) is 25.2 Å². The van der Waals surface area contributed by atoms with Crippen molar-refractivity contribution in [2.75, 3.05) is 20.2 Å². The Morgan fingerprint density at radius 3 is 2.26 bits per heavy atom. The Morgan fingerprint density at radius 1 is 1.07 bits per heavy atom. The van der Waals surface area contributed by atoms with Gasteiger partial charge in [0.2, 0.25) is 15.9 Å².